The van der Waals surface area contributed by atoms with E-state index in [-0.39, 0.29) is 30.4 Å². The molecule has 0 fully saturated rings. The fourth-order valence-electron chi connectivity index (χ4n) is 1.09. The van der Waals surface area contributed by atoms with E-state index in [4.69, 9.17) is 5.73 Å². The lowest BCUT2D eigenvalue weighted by Crippen LogP contribution is -2.32. The van der Waals surface area contributed by atoms with Gasteiger partial charge in [0, 0.05) is 19.5 Å². The maximum Gasteiger partial charge on any atom is 0.389 e. The number of hydrogen-bond acceptors (Lipinski definition) is 1. The Bertz CT molecular complexity index is 207. The van der Waals surface area contributed by atoms with Crippen molar-refractivity contribution in [3.05, 3.63) is 0 Å². The first-order chi connectivity index (χ1) is 7.45. The highest BCUT2D eigenvalue weighted by atomic mass is 127. The summed E-state index contributed by atoms with van der Waals surface area (Å²) in [7, 11) is 0. The number of alkyl halides is 3. The third kappa shape index (κ3) is 15.8. The normalized spacial score (nSPS) is 12.1. The molecule has 0 spiro atoms. The Morgan fingerprint density at radius 3 is 2.41 bits per heavy atom. The lowest BCUT2D eigenvalue weighted by atomic mass is 10.2. The van der Waals surface area contributed by atoms with Gasteiger partial charge in [0.2, 0.25) is 0 Å². The highest BCUT2D eigenvalue weighted by Crippen LogP contribution is 2.21. The summed E-state index contributed by atoms with van der Waals surface area (Å²) in [6.07, 6.45) is -2.22. The molecule has 17 heavy (non-hydrogen) atoms. The average molecular weight is 367 g/mol. The molecular weight excluding hydrogens is 346 g/mol. The summed E-state index contributed by atoms with van der Waals surface area (Å²) in [4.78, 5) is 3.93. The Kier molecular flexibility index (Phi) is 12.3. The minimum atomic E-state index is -4.06. The third-order valence-electron chi connectivity index (χ3n) is 1.99. The largest absolute Gasteiger partial charge is 0.389 e. The van der Waals surface area contributed by atoms with Crippen LogP contribution in [0.2, 0.25) is 0 Å². The van der Waals surface area contributed by atoms with Gasteiger partial charge in [0.15, 0.2) is 5.96 Å². The summed E-state index contributed by atoms with van der Waals surface area (Å²) >= 11 is 0. The Labute approximate surface area is 117 Å². The number of guanidine groups is 1. The van der Waals surface area contributed by atoms with Crippen LogP contribution in [0.15, 0.2) is 4.99 Å². The van der Waals surface area contributed by atoms with Gasteiger partial charge in [-0.25, -0.2) is 0 Å². The van der Waals surface area contributed by atoms with Gasteiger partial charge < -0.3 is 11.1 Å². The predicted octanol–water partition coefficient (Wildman–Crippen LogP) is 3.04. The third-order valence-corrected chi connectivity index (χ3v) is 1.99. The molecule has 0 radical (unpaired) electrons. The number of rotatable bonds is 7. The van der Waals surface area contributed by atoms with E-state index in [1.54, 1.807) is 0 Å². The van der Waals surface area contributed by atoms with E-state index in [2.05, 4.69) is 17.2 Å². The average Bonchev–Trinajstić information content (AvgIpc) is 2.16. The van der Waals surface area contributed by atoms with E-state index in [0.717, 1.165) is 19.4 Å². The quantitative estimate of drug-likeness (QED) is 0.315. The number of hydrogen-bond donors (Lipinski definition) is 2. The molecule has 0 bridgehead atoms. The van der Waals surface area contributed by atoms with Crippen molar-refractivity contribution >= 4 is 29.9 Å². The number of halogens is 4. The highest BCUT2D eigenvalue weighted by Gasteiger charge is 2.25. The molecule has 0 saturated carbocycles. The Hall–Kier alpha value is -0.210. The van der Waals surface area contributed by atoms with Crippen LogP contribution in [0, 0.1) is 0 Å². The molecule has 0 heterocycles. The lowest BCUT2D eigenvalue weighted by molar-refractivity contribution is -0.135. The van der Waals surface area contributed by atoms with Gasteiger partial charge in [-0.3, -0.25) is 4.99 Å². The molecule has 0 saturated heterocycles. The van der Waals surface area contributed by atoms with Crippen molar-refractivity contribution in [1.29, 1.82) is 0 Å². The van der Waals surface area contributed by atoms with E-state index in [9.17, 15) is 13.2 Å². The van der Waals surface area contributed by atoms with Crippen molar-refractivity contribution in [2.75, 3.05) is 13.1 Å². The van der Waals surface area contributed by atoms with Crippen LogP contribution < -0.4 is 11.1 Å². The smallest absolute Gasteiger partial charge is 0.370 e. The number of aliphatic imine (C=N–C) groups is 1. The Morgan fingerprint density at radius 1 is 1.24 bits per heavy atom. The van der Waals surface area contributed by atoms with Gasteiger partial charge in [0.1, 0.15) is 0 Å². The molecule has 0 aromatic carbocycles. The summed E-state index contributed by atoms with van der Waals surface area (Å²) < 4.78 is 35.3. The van der Waals surface area contributed by atoms with Crippen LogP contribution >= 0.6 is 24.0 Å². The number of nitrogens with zero attached hydrogens (tertiary/aromatic N) is 1. The molecule has 0 aliphatic carbocycles. The number of nitrogens with two attached hydrogens (primary N) is 1. The maximum atomic E-state index is 11.8. The first-order valence-electron chi connectivity index (χ1n) is 5.56. The van der Waals surface area contributed by atoms with Crippen molar-refractivity contribution in [3.63, 3.8) is 0 Å². The molecule has 3 N–H and O–H groups in total. The molecule has 0 amide bonds. The van der Waals surface area contributed by atoms with E-state index < -0.39 is 12.6 Å². The molecule has 0 aromatic rings. The minimum absolute atomic E-state index is 0. The Balaban J connectivity index is 0. The van der Waals surface area contributed by atoms with Crippen molar-refractivity contribution in [1.82, 2.24) is 5.32 Å². The molecule has 7 heteroatoms. The summed E-state index contributed by atoms with van der Waals surface area (Å²) in [6, 6.07) is 0. The first kappa shape index (κ1) is 19.1. The van der Waals surface area contributed by atoms with Gasteiger partial charge in [-0.1, -0.05) is 13.3 Å². The highest BCUT2D eigenvalue weighted by molar-refractivity contribution is 14.0. The van der Waals surface area contributed by atoms with Gasteiger partial charge in [0.25, 0.3) is 0 Å². The van der Waals surface area contributed by atoms with Crippen LogP contribution in [0.3, 0.4) is 0 Å². The zero-order valence-electron chi connectivity index (χ0n) is 10.0. The molecular formula is C10H21F3IN3. The van der Waals surface area contributed by atoms with E-state index in [0.29, 0.717) is 18.9 Å². The van der Waals surface area contributed by atoms with Crippen molar-refractivity contribution in [2.45, 2.75) is 45.2 Å². The summed E-state index contributed by atoms with van der Waals surface area (Å²) in [6.45, 7) is 3.17. The second kappa shape index (κ2) is 10.9. The summed E-state index contributed by atoms with van der Waals surface area (Å²) in [5.41, 5.74) is 5.50. The maximum absolute atomic E-state index is 11.8. The fraction of sp³-hybridized carbons (Fsp3) is 0.900. The topological polar surface area (TPSA) is 50.4 Å². The van der Waals surface area contributed by atoms with Crippen LogP contribution in [-0.2, 0) is 0 Å². The molecule has 0 unspecified atom stereocenters. The standard InChI is InChI=1S/C10H20F3N3.HI/c1-2-3-7-15-9(14)16-8-5-4-6-10(11,12)13;/h2-8H2,1H3,(H3,14,15,16);1H. The van der Waals surface area contributed by atoms with Gasteiger partial charge in [0.05, 0.1) is 0 Å². The number of unbranched alkanes of at least 4 members (excludes halogenated alkanes) is 2. The Morgan fingerprint density at radius 2 is 1.88 bits per heavy atom. The van der Waals surface area contributed by atoms with Crippen molar-refractivity contribution in [2.24, 2.45) is 10.7 Å². The lowest BCUT2D eigenvalue weighted by Gasteiger charge is -2.05. The monoisotopic (exact) mass is 367 g/mol. The minimum Gasteiger partial charge on any atom is -0.370 e. The first-order valence-corrected chi connectivity index (χ1v) is 5.56. The van der Waals surface area contributed by atoms with Crippen molar-refractivity contribution in [3.8, 4) is 0 Å². The number of nitrogens with one attached hydrogen (secondary N) is 1. The fourth-order valence-corrected chi connectivity index (χ4v) is 1.09. The zero-order chi connectivity index (χ0) is 12.4. The molecule has 0 aliphatic heterocycles. The van der Waals surface area contributed by atoms with Crippen LogP contribution in [0.4, 0.5) is 13.2 Å². The molecule has 0 atom stereocenters. The second-order valence-electron chi connectivity index (χ2n) is 3.62. The van der Waals surface area contributed by atoms with E-state index in [1.807, 2.05) is 0 Å². The molecule has 0 rings (SSSR count). The van der Waals surface area contributed by atoms with Crippen LogP contribution in [0.1, 0.15) is 39.0 Å². The molecule has 104 valence electrons. The van der Waals surface area contributed by atoms with Crippen LogP contribution in [0.25, 0.3) is 0 Å². The summed E-state index contributed by atoms with van der Waals surface area (Å²) in [5, 5.41) is 2.90. The SMILES string of the molecule is CCCCNC(N)=NCCCCC(F)(F)F.I. The zero-order valence-corrected chi connectivity index (χ0v) is 12.3. The van der Waals surface area contributed by atoms with Crippen LogP contribution in [-0.4, -0.2) is 25.2 Å². The summed E-state index contributed by atoms with van der Waals surface area (Å²) in [5.74, 6) is 0.320. The van der Waals surface area contributed by atoms with E-state index >= 15 is 0 Å². The second-order valence-corrected chi connectivity index (χ2v) is 3.62. The molecule has 0 aromatic heterocycles. The van der Waals surface area contributed by atoms with Gasteiger partial charge in [-0.15, -0.1) is 24.0 Å². The predicted molar refractivity (Wildman–Crippen MR) is 74.7 cm³/mol. The van der Waals surface area contributed by atoms with Crippen molar-refractivity contribution < 1.29 is 13.2 Å². The van der Waals surface area contributed by atoms with E-state index in [1.165, 1.54) is 0 Å². The molecule has 3 nitrogen and oxygen atoms in total. The van der Waals surface area contributed by atoms with Crippen LogP contribution in [0.5, 0.6) is 0 Å². The van der Waals surface area contributed by atoms with Gasteiger partial charge >= 0.3 is 6.18 Å². The van der Waals surface area contributed by atoms with Gasteiger partial charge in [-0.05, 0) is 19.3 Å². The van der Waals surface area contributed by atoms with Gasteiger partial charge in [-0.2, -0.15) is 13.2 Å². The molecule has 0 aliphatic rings.